The van der Waals surface area contributed by atoms with Crippen LogP contribution in [0.5, 0.6) is 0 Å². The molecule has 0 aromatic heterocycles. The first-order valence-electron chi connectivity index (χ1n) is 3.36. The lowest BCUT2D eigenvalue weighted by molar-refractivity contribution is -0.140. The summed E-state index contributed by atoms with van der Waals surface area (Å²) in [6.45, 7) is 0. The van der Waals surface area contributed by atoms with Gasteiger partial charge in [0.1, 0.15) is 5.92 Å². The van der Waals surface area contributed by atoms with Gasteiger partial charge >= 0.3 is 5.97 Å². The van der Waals surface area contributed by atoms with Crippen molar-refractivity contribution in [2.24, 2.45) is 11.8 Å². The quantitative estimate of drug-likeness (QED) is 0.634. The van der Waals surface area contributed by atoms with Gasteiger partial charge in [0.25, 0.3) is 0 Å². The summed E-state index contributed by atoms with van der Waals surface area (Å²) in [6.07, 6.45) is 2.75. The van der Waals surface area contributed by atoms with Crippen molar-refractivity contribution in [1.29, 1.82) is 5.26 Å². The van der Waals surface area contributed by atoms with Crippen molar-refractivity contribution in [2.45, 2.75) is 19.3 Å². The molecule has 0 radical (unpaired) electrons. The summed E-state index contributed by atoms with van der Waals surface area (Å²) in [5, 5.41) is 16.8. The zero-order valence-corrected chi connectivity index (χ0v) is 5.58. The Bertz CT molecular complexity index is 179. The molecule has 0 aliphatic heterocycles. The minimum atomic E-state index is -0.977. The molecule has 0 spiro atoms. The molecule has 0 saturated heterocycles. The number of carboxylic acid groups (broad SMARTS) is 1. The van der Waals surface area contributed by atoms with Crippen molar-refractivity contribution < 1.29 is 9.90 Å². The van der Waals surface area contributed by atoms with Crippen LogP contribution in [0.3, 0.4) is 0 Å². The SMILES string of the molecule is N#CC(CC1CC1)C(=O)O. The summed E-state index contributed by atoms with van der Waals surface area (Å²) in [5.41, 5.74) is 0. The summed E-state index contributed by atoms with van der Waals surface area (Å²) in [4.78, 5) is 10.3. The molecule has 3 nitrogen and oxygen atoms in total. The molecule has 1 rings (SSSR count). The zero-order chi connectivity index (χ0) is 7.56. The molecular weight excluding hydrogens is 130 g/mol. The molecule has 0 heterocycles. The Morgan fingerprint density at radius 2 is 2.40 bits per heavy atom. The third-order valence-electron chi connectivity index (χ3n) is 1.72. The van der Waals surface area contributed by atoms with Gasteiger partial charge in [-0.3, -0.25) is 4.79 Å². The Kier molecular flexibility index (Phi) is 1.91. The molecule has 0 aromatic rings. The largest absolute Gasteiger partial charge is 0.480 e. The van der Waals surface area contributed by atoms with E-state index in [1.807, 2.05) is 0 Å². The van der Waals surface area contributed by atoms with E-state index in [9.17, 15) is 4.79 Å². The minimum absolute atomic E-state index is 0.515. The van der Waals surface area contributed by atoms with E-state index in [1.54, 1.807) is 6.07 Å². The van der Waals surface area contributed by atoms with Crippen LogP contribution < -0.4 is 0 Å². The monoisotopic (exact) mass is 139 g/mol. The Labute approximate surface area is 59.3 Å². The highest BCUT2D eigenvalue weighted by Gasteiger charge is 2.28. The van der Waals surface area contributed by atoms with Crippen LogP contribution in [0.4, 0.5) is 0 Å². The molecule has 1 aliphatic rings. The zero-order valence-electron chi connectivity index (χ0n) is 5.58. The van der Waals surface area contributed by atoms with E-state index >= 15 is 0 Å². The smallest absolute Gasteiger partial charge is 0.320 e. The van der Waals surface area contributed by atoms with E-state index in [0.717, 1.165) is 12.8 Å². The van der Waals surface area contributed by atoms with Crippen molar-refractivity contribution in [3.8, 4) is 6.07 Å². The number of nitrogens with zero attached hydrogens (tertiary/aromatic N) is 1. The fourth-order valence-electron chi connectivity index (χ4n) is 0.896. The van der Waals surface area contributed by atoms with Gasteiger partial charge in [0, 0.05) is 0 Å². The first-order chi connectivity index (χ1) is 4.74. The molecule has 1 aliphatic carbocycles. The van der Waals surface area contributed by atoms with Gasteiger partial charge in [0.15, 0.2) is 0 Å². The van der Waals surface area contributed by atoms with Crippen LogP contribution in [0.2, 0.25) is 0 Å². The molecule has 0 aromatic carbocycles. The highest BCUT2D eigenvalue weighted by atomic mass is 16.4. The number of carbonyl (C=O) groups is 1. The van der Waals surface area contributed by atoms with E-state index in [-0.39, 0.29) is 0 Å². The van der Waals surface area contributed by atoms with Crippen molar-refractivity contribution in [3.63, 3.8) is 0 Å². The third kappa shape index (κ3) is 1.73. The average molecular weight is 139 g/mol. The fraction of sp³-hybridized carbons (Fsp3) is 0.714. The second-order valence-corrected chi connectivity index (χ2v) is 2.70. The maximum absolute atomic E-state index is 10.3. The van der Waals surface area contributed by atoms with Crippen LogP contribution in [0.1, 0.15) is 19.3 Å². The summed E-state index contributed by atoms with van der Waals surface area (Å²) in [5.74, 6) is -1.23. The number of nitriles is 1. The molecule has 0 amide bonds. The molecule has 1 fully saturated rings. The number of hydrogen-bond donors (Lipinski definition) is 1. The van der Waals surface area contributed by atoms with Gasteiger partial charge in [-0.2, -0.15) is 5.26 Å². The Hall–Kier alpha value is -1.04. The molecule has 10 heavy (non-hydrogen) atoms. The normalized spacial score (nSPS) is 19.5. The van der Waals surface area contributed by atoms with E-state index in [1.165, 1.54) is 0 Å². The van der Waals surface area contributed by atoms with Gasteiger partial charge in [-0.15, -0.1) is 0 Å². The number of hydrogen-bond acceptors (Lipinski definition) is 2. The maximum atomic E-state index is 10.3. The molecule has 1 saturated carbocycles. The molecule has 54 valence electrons. The lowest BCUT2D eigenvalue weighted by Crippen LogP contribution is -2.11. The lowest BCUT2D eigenvalue weighted by atomic mass is 10.1. The molecule has 1 atom stereocenters. The lowest BCUT2D eigenvalue weighted by Gasteiger charge is -1.98. The topological polar surface area (TPSA) is 61.1 Å². The van der Waals surface area contributed by atoms with Gasteiger partial charge < -0.3 is 5.11 Å². The van der Waals surface area contributed by atoms with Crippen molar-refractivity contribution in [2.75, 3.05) is 0 Å². The van der Waals surface area contributed by atoms with Crippen LogP contribution in [-0.2, 0) is 4.79 Å². The van der Waals surface area contributed by atoms with E-state index in [4.69, 9.17) is 10.4 Å². The van der Waals surface area contributed by atoms with Crippen LogP contribution in [0.15, 0.2) is 0 Å². The van der Waals surface area contributed by atoms with Crippen LogP contribution in [-0.4, -0.2) is 11.1 Å². The van der Waals surface area contributed by atoms with Gasteiger partial charge in [-0.25, -0.2) is 0 Å². The maximum Gasteiger partial charge on any atom is 0.320 e. The number of rotatable bonds is 3. The molecular formula is C7H9NO2. The summed E-state index contributed by atoms with van der Waals surface area (Å²) in [7, 11) is 0. The van der Waals surface area contributed by atoms with E-state index < -0.39 is 11.9 Å². The summed E-state index contributed by atoms with van der Waals surface area (Å²) < 4.78 is 0. The van der Waals surface area contributed by atoms with Gasteiger partial charge in [-0.05, 0) is 12.3 Å². The fourth-order valence-corrected chi connectivity index (χ4v) is 0.896. The van der Waals surface area contributed by atoms with E-state index in [2.05, 4.69) is 0 Å². The van der Waals surface area contributed by atoms with Crippen LogP contribution in [0.25, 0.3) is 0 Å². The molecule has 1 N–H and O–H groups in total. The molecule has 1 unspecified atom stereocenters. The van der Waals surface area contributed by atoms with Crippen LogP contribution in [0, 0.1) is 23.2 Å². The highest BCUT2D eigenvalue weighted by Crippen LogP contribution is 2.35. The molecule has 0 bridgehead atoms. The Balaban J connectivity index is 2.33. The number of carboxylic acids is 1. The molecule has 3 heteroatoms. The van der Waals surface area contributed by atoms with Crippen LogP contribution >= 0.6 is 0 Å². The Morgan fingerprint density at radius 3 is 2.70 bits per heavy atom. The van der Waals surface area contributed by atoms with Crippen molar-refractivity contribution in [3.05, 3.63) is 0 Å². The summed E-state index contributed by atoms with van der Waals surface area (Å²) >= 11 is 0. The third-order valence-corrected chi connectivity index (χ3v) is 1.72. The Morgan fingerprint density at radius 1 is 1.80 bits per heavy atom. The highest BCUT2D eigenvalue weighted by molar-refractivity contribution is 5.72. The van der Waals surface area contributed by atoms with Crippen molar-refractivity contribution >= 4 is 5.97 Å². The number of aliphatic carboxylic acids is 1. The average Bonchev–Trinajstić information content (AvgIpc) is 2.64. The summed E-state index contributed by atoms with van der Waals surface area (Å²) in [6, 6.07) is 1.77. The first kappa shape index (κ1) is 7.07. The second-order valence-electron chi connectivity index (χ2n) is 2.70. The van der Waals surface area contributed by atoms with Gasteiger partial charge in [-0.1, -0.05) is 12.8 Å². The first-order valence-corrected chi connectivity index (χ1v) is 3.36. The van der Waals surface area contributed by atoms with Crippen molar-refractivity contribution in [1.82, 2.24) is 0 Å². The standard InChI is InChI=1S/C7H9NO2/c8-4-6(7(9)10)3-5-1-2-5/h5-6H,1-3H2,(H,9,10). The van der Waals surface area contributed by atoms with Gasteiger partial charge in [0.2, 0.25) is 0 Å². The minimum Gasteiger partial charge on any atom is -0.480 e. The second kappa shape index (κ2) is 2.70. The predicted octanol–water partition coefficient (Wildman–Crippen LogP) is 1.01. The van der Waals surface area contributed by atoms with E-state index in [0.29, 0.717) is 12.3 Å². The predicted molar refractivity (Wildman–Crippen MR) is 34.1 cm³/mol. The van der Waals surface area contributed by atoms with Gasteiger partial charge in [0.05, 0.1) is 6.07 Å².